The van der Waals surface area contributed by atoms with E-state index in [-0.39, 0.29) is 17.5 Å². The van der Waals surface area contributed by atoms with Gasteiger partial charge in [0.1, 0.15) is 5.82 Å². The molecule has 0 spiro atoms. The zero-order valence-electron chi connectivity index (χ0n) is 14.2. The van der Waals surface area contributed by atoms with Crippen molar-refractivity contribution in [3.63, 3.8) is 0 Å². The molecule has 10 heteroatoms. The standard InChI is InChI=1S/C15H18N6O3S/c1-9-12(7-16-20(9)3)14-6-13(19-24-14)15-17-10(2)18-21(15)11-4-5-25(22,23)8-11/h6-7,11H,4-5,8H2,1-3H3/t11-/m0/s1. The van der Waals surface area contributed by atoms with E-state index in [2.05, 4.69) is 20.3 Å². The Morgan fingerprint density at radius 3 is 2.76 bits per heavy atom. The maximum Gasteiger partial charge on any atom is 0.180 e. The van der Waals surface area contributed by atoms with E-state index in [9.17, 15) is 8.42 Å². The summed E-state index contributed by atoms with van der Waals surface area (Å²) in [5.41, 5.74) is 2.35. The highest BCUT2D eigenvalue weighted by Gasteiger charge is 2.32. The molecular weight excluding hydrogens is 344 g/mol. The van der Waals surface area contributed by atoms with Gasteiger partial charge in [0.05, 0.1) is 29.3 Å². The fraction of sp³-hybridized carbons (Fsp3) is 0.467. The Bertz CT molecular complexity index is 1050. The molecule has 1 fully saturated rings. The first-order chi connectivity index (χ1) is 11.8. The van der Waals surface area contributed by atoms with Crippen molar-refractivity contribution in [2.45, 2.75) is 26.3 Å². The van der Waals surface area contributed by atoms with Gasteiger partial charge >= 0.3 is 0 Å². The van der Waals surface area contributed by atoms with Crippen molar-refractivity contribution in [3.05, 3.63) is 23.8 Å². The normalized spacial score (nSPS) is 19.6. The minimum atomic E-state index is -3.02. The summed E-state index contributed by atoms with van der Waals surface area (Å²) >= 11 is 0. The topological polar surface area (TPSA) is 109 Å². The molecule has 0 radical (unpaired) electrons. The highest BCUT2D eigenvalue weighted by atomic mass is 32.2. The molecule has 3 aromatic heterocycles. The van der Waals surface area contributed by atoms with E-state index in [1.165, 1.54) is 0 Å². The maximum absolute atomic E-state index is 11.8. The van der Waals surface area contributed by atoms with Crippen molar-refractivity contribution >= 4 is 9.84 Å². The fourth-order valence-corrected chi connectivity index (χ4v) is 4.77. The highest BCUT2D eigenvalue weighted by molar-refractivity contribution is 7.91. The van der Waals surface area contributed by atoms with E-state index in [0.717, 1.165) is 11.3 Å². The monoisotopic (exact) mass is 362 g/mol. The minimum Gasteiger partial charge on any atom is -0.355 e. The highest BCUT2D eigenvalue weighted by Crippen LogP contribution is 2.31. The van der Waals surface area contributed by atoms with Crippen LogP contribution in [0.15, 0.2) is 16.8 Å². The van der Waals surface area contributed by atoms with E-state index in [4.69, 9.17) is 4.52 Å². The Labute approximate surface area is 144 Å². The average Bonchev–Trinajstić information content (AvgIpc) is 3.29. The lowest BCUT2D eigenvalue weighted by Crippen LogP contribution is -2.14. The molecule has 4 heterocycles. The van der Waals surface area contributed by atoms with Crippen molar-refractivity contribution in [3.8, 4) is 22.8 Å². The summed E-state index contributed by atoms with van der Waals surface area (Å²) in [5.74, 6) is 1.94. The van der Waals surface area contributed by atoms with Crippen molar-refractivity contribution < 1.29 is 12.9 Å². The van der Waals surface area contributed by atoms with Crippen LogP contribution in [0.3, 0.4) is 0 Å². The molecule has 4 rings (SSSR count). The molecular formula is C15H18N6O3S. The molecule has 0 N–H and O–H groups in total. The Balaban J connectivity index is 1.73. The third-order valence-corrected chi connectivity index (χ3v) is 6.28. The number of nitrogens with zero attached hydrogens (tertiary/aromatic N) is 6. The van der Waals surface area contributed by atoms with Crippen molar-refractivity contribution in [1.29, 1.82) is 0 Å². The van der Waals surface area contributed by atoms with E-state index in [1.54, 1.807) is 28.6 Å². The molecule has 1 atom stereocenters. The van der Waals surface area contributed by atoms with E-state index in [0.29, 0.717) is 29.5 Å². The lowest BCUT2D eigenvalue weighted by atomic mass is 10.2. The largest absolute Gasteiger partial charge is 0.355 e. The van der Waals surface area contributed by atoms with Crippen molar-refractivity contribution in [2.24, 2.45) is 7.05 Å². The van der Waals surface area contributed by atoms with Gasteiger partial charge in [-0.1, -0.05) is 5.16 Å². The van der Waals surface area contributed by atoms with Crippen LogP contribution in [-0.2, 0) is 16.9 Å². The zero-order valence-corrected chi connectivity index (χ0v) is 15.0. The summed E-state index contributed by atoms with van der Waals surface area (Å²) in [6.07, 6.45) is 2.25. The van der Waals surface area contributed by atoms with Gasteiger partial charge in [0.2, 0.25) is 0 Å². The Hall–Kier alpha value is -2.49. The maximum atomic E-state index is 11.8. The predicted molar refractivity (Wildman–Crippen MR) is 89.5 cm³/mol. The second-order valence-corrected chi connectivity index (χ2v) is 8.56. The lowest BCUT2D eigenvalue weighted by Gasteiger charge is -2.09. The third kappa shape index (κ3) is 2.76. The van der Waals surface area contributed by atoms with Gasteiger partial charge < -0.3 is 4.52 Å². The van der Waals surface area contributed by atoms with Gasteiger partial charge in [-0.2, -0.15) is 10.2 Å². The number of hydrogen-bond donors (Lipinski definition) is 0. The van der Waals surface area contributed by atoms with Crippen LogP contribution in [0.4, 0.5) is 0 Å². The first-order valence-electron chi connectivity index (χ1n) is 7.94. The SMILES string of the molecule is Cc1nc(-c2cc(-c3cnn(C)c3C)on2)n([C@H]2CCS(=O)(=O)C2)n1. The first-order valence-corrected chi connectivity index (χ1v) is 9.76. The van der Waals surface area contributed by atoms with Crippen LogP contribution in [0.25, 0.3) is 22.8 Å². The minimum absolute atomic E-state index is 0.0786. The molecule has 0 amide bonds. The molecule has 3 aromatic rings. The number of sulfone groups is 1. The molecule has 0 bridgehead atoms. The molecule has 132 valence electrons. The molecule has 1 saturated heterocycles. The molecule has 1 aliphatic rings. The number of aryl methyl sites for hydroxylation is 2. The fourth-order valence-electron chi connectivity index (χ4n) is 3.08. The van der Waals surface area contributed by atoms with Gasteiger partial charge in [0.25, 0.3) is 0 Å². The second kappa shape index (κ2) is 5.51. The predicted octanol–water partition coefficient (Wildman–Crippen LogP) is 1.31. The van der Waals surface area contributed by atoms with E-state index in [1.807, 2.05) is 14.0 Å². The summed E-state index contributed by atoms with van der Waals surface area (Å²) in [5, 5.41) is 12.7. The van der Waals surface area contributed by atoms with Crippen LogP contribution in [-0.4, -0.2) is 49.6 Å². The quantitative estimate of drug-likeness (QED) is 0.691. The van der Waals surface area contributed by atoms with Gasteiger partial charge in [-0.05, 0) is 20.3 Å². The van der Waals surface area contributed by atoms with Crippen LogP contribution in [0, 0.1) is 13.8 Å². The Morgan fingerprint density at radius 2 is 2.12 bits per heavy atom. The number of hydrogen-bond acceptors (Lipinski definition) is 7. The summed E-state index contributed by atoms with van der Waals surface area (Å²) in [6.45, 7) is 3.72. The smallest absolute Gasteiger partial charge is 0.180 e. The first kappa shape index (κ1) is 16.0. The van der Waals surface area contributed by atoms with E-state index >= 15 is 0 Å². The molecule has 1 aliphatic heterocycles. The van der Waals surface area contributed by atoms with Crippen molar-refractivity contribution in [1.82, 2.24) is 29.7 Å². The van der Waals surface area contributed by atoms with Gasteiger partial charge in [0.15, 0.2) is 27.1 Å². The number of aromatic nitrogens is 6. The van der Waals surface area contributed by atoms with Crippen LogP contribution >= 0.6 is 0 Å². The summed E-state index contributed by atoms with van der Waals surface area (Å²) in [6, 6.07) is 1.56. The van der Waals surface area contributed by atoms with Crippen LogP contribution < -0.4 is 0 Å². The second-order valence-electron chi connectivity index (χ2n) is 6.33. The molecule has 25 heavy (non-hydrogen) atoms. The van der Waals surface area contributed by atoms with Gasteiger partial charge in [-0.15, -0.1) is 0 Å². The van der Waals surface area contributed by atoms with Gasteiger partial charge in [0, 0.05) is 18.8 Å². The van der Waals surface area contributed by atoms with E-state index < -0.39 is 9.84 Å². The third-order valence-electron chi connectivity index (χ3n) is 4.53. The van der Waals surface area contributed by atoms with Crippen LogP contribution in [0.1, 0.15) is 24.0 Å². The average molecular weight is 362 g/mol. The molecule has 0 aromatic carbocycles. The molecule has 0 saturated carbocycles. The Morgan fingerprint density at radius 1 is 1.32 bits per heavy atom. The lowest BCUT2D eigenvalue weighted by molar-refractivity contribution is 0.431. The van der Waals surface area contributed by atoms with Crippen molar-refractivity contribution in [2.75, 3.05) is 11.5 Å². The summed E-state index contributed by atoms with van der Waals surface area (Å²) in [7, 11) is -1.16. The summed E-state index contributed by atoms with van der Waals surface area (Å²) < 4.78 is 32.5. The molecule has 9 nitrogen and oxygen atoms in total. The number of rotatable bonds is 3. The zero-order chi connectivity index (χ0) is 17.8. The molecule has 0 unspecified atom stereocenters. The Kier molecular flexibility index (Phi) is 3.53. The van der Waals surface area contributed by atoms with Crippen LogP contribution in [0.2, 0.25) is 0 Å². The molecule has 0 aliphatic carbocycles. The van der Waals surface area contributed by atoms with Crippen LogP contribution in [0.5, 0.6) is 0 Å². The van der Waals surface area contributed by atoms with Gasteiger partial charge in [-0.3, -0.25) is 4.68 Å². The van der Waals surface area contributed by atoms with Gasteiger partial charge in [-0.25, -0.2) is 18.1 Å². The summed E-state index contributed by atoms with van der Waals surface area (Å²) in [4.78, 5) is 4.42.